The van der Waals surface area contributed by atoms with Crippen LogP contribution in [0.15, 0.2) is 62.6 Å². The predicted molar refractivity (Wildman–Crippen MR) is 98.2 cm³/mol. The number of carbonyl (C=O) groups is 1. The van der Waals surface area contributed by atoms with Gasteiger partial charge in [-0.1, -0.05) is 45.4 Å². The van der Waals surface area contributed by atoms with E-state index in [1.165, 1.54) is 11.8 Å². The molecule has 0 bridgehead atoms. The van der Waals surface area contributed by atoms with Crippen LogP contribution >= 0.6 is 39.3 Å². The molecule has 0 fully saturated rings. The van der Waals surface area contributed by atoms with Gasteiger partial charge in [-0.3, -0.25) is 4.79 Å². The van der Waals surface area contributed by atoms with Crippen molar-refractivity contribution in [1.29, 1.82) is 0 Å². The summed E-state index contributed by atoms with van der Waals surface area (Å²) < 4.78 is 6.49. The molecule has 0 unspecified atom stereocenters. The number of nitrogens with one attached hydrogen (secondary N) is 1. The Kier molecular flexibility index (Phi) is 5.55. The van der Waals surface area contributed by atoms with E-state index in [-0.39, 0.29) is 11.7 Å². The topological polar surface area (TPSA) is 68.0 Å². The van der Waals surface area contributed by atoms with E-state index in [1.807, 2.05) is 30.3 Å². The number of amides is 1. The molecule has 1 amide bonds. The van der Waals surface area contributed by atoms with Crippen molar-refractivity contribution in [3.63, 3.8) is 0 Å². The molecule has 1 N–H and O–H groups in total. The van der Waals surface area contributed by atoms with E-state index >= 15 is 0 Å². The number of hydrogen-bond donors (Lipinski definition) is 1. The SMILES string of the molecule is O=C(CSc1nnc(-c2cccc(Cl)c2)o1)Nc1ccc(Br)cc1. The van der Waals surface area contributed by atoms with Crippen LogP contribution < -0.4 is 5.32 Å². The van der Waals surface area contributed by atoms with E-state index in [9.17, 15) is 4.79 Å². The van der Waals surface area contributed by atoms with Crippen LogP contribution in [-0.4, -0.2) is 21.9 Å². The Balaban J connectivity index is 1.57. The fourth-order valence-electron chi connectivity index (χ4n) is 1.86. The third-order valence-electron chi connectivity index (χ3n) is 2.93. The van der Waals surface area contributed by atoms with Crippen molar-refractivity contribution in [2.24, 2.45) is 0 Å². The van der Waals surface area contributed by atoms with E-state index in [0.29, 0.717) is 16.1 Å². The highest BCUT2D eigenvalue weighted by Gasteiger charge is 2.11. The summed E-state index contributed by atoms with van der Waals surface area (Å²) in [7, 11) is 0. The molecule has 3 rings (SSSR count). The highest BCUT2D eigenvalue weighted by Crippen LogP contribution is 2.25. The second-order valence-electron chi connectivity index (χ2n) is 4.73. The lowest BCUT2D eigenvalue weighted by molar-refractivity contribution is -0.113. The molecule has 0 aliphatic heterocycles. The first-order valence-corrected chi connectivity index (χ1v) is 9.03. The Morgan fingerprint density at radius 1 is 1.21 bits per heavy atom. The quantitative estimate of drug-likeness (QED) is 0.591. The summed E-state index contributed by atoms with van der Waals surface area (Å²) in [6, 6.07) is 14.5. The Morgan fingerprint density at radius 2 is 2.00 bits per heavy atom. The molecule has 0 radical (unpaired) electrons. The summed E-state index contributed by atoms with van der Waals surface area (Å²) in [4.78, 5) is 11.9. The Bertz CT molecular complexity index is 855. The van der Waals surface area contributed by atoms with Gasteiger partial charge in [-0.05, 0) is 42.5 Å². The van der Waals surface area contributed by atoms with Crippen LogP contribution in [-0.2, 0) is 4.79 Å². The largest absolute Gasteiger partial charge is 0.411 e. The van der Waals surface area contributed by atoms with Crippen LogP contribution in [0, 0.1) is 0 Å². The second-order valence-corrected chi connectivity index (χ2v) is 7.01. The first-order valence-electron chi connectivity index (χ1n) is 6.88. The number of benzene rings is 2. The van der Waals surface area contributed by atoms with Gasteiger partial charge in [-0.2, -0.15) is 0 Å². The average molecular weight is 425 g/mol. The fraction of sp³-hybridized carbons (Fsp3) is 0.0625. The summed E-state index contributed by atoms with van der Waals surface area (Å²) >= 11 is 10.5. The maximum Gasteiger partial charge on any atom is 0.277 e. The summed E-state index contributed by atoms with van der Waals surface area (Å²) in [6.07, 6.45) is 0. The molecule has 0 spiro atoms. The van der Waals surface area contributed by atoms with Gasteiger partial charge < -0.3 is 9.73 Å². The summed E-state index contributed by atoms with van der Waals surface area (Å²) in [6.45, 7) is 0. The van der Waals surface area contributed by atoms with Crippen LogP contribution in [0.1, 0.15) is 0 Å². The molecule has 5 nitrogen and oxygen atoms in total. The van der Waals surface area contributed by atoms with Crippen molar-refractivity contribution in [2.45, 2.75) is 5.22 Å². The van der Waals surface area contributed by atoms with Crippen molar-refractivity contribution in [3.05, 3.63) is 58.0 Å². The van der Waals surface area contributed by atoms with Crippen molar-refractivity contribution in [3.8, 4) is 11.5 Å². The van der Waals surface area contributed by atoms with Crippen molar-refractivity contribution >= 4 is 50.9 Å². The third kappa shape index (κ3) is 4.59. The number of thioether (sulfide) groups is 1. The number of carbonyl (C=O) groups excluding carboxylic acids is 1. The van der Waals surface area contributed by atoms with Crippen molar-refractivity contribution in [2.75, 3.05) is 11.1 Å². The zero-order valence-corrected chi connectivity index (χ0v) is 15.4. The monoisotopic (exact) mass is 423 g/mol. The Hall–Kier alpha value is -1.83. The third-order valence-corrected chi connectivity index (χ3v) is 4.51. The number of aromatic nitrogens is 2. The van der Waals surface area contributed by atoms with Gasteiger partial charge >= 0.3 is 0 Å². The van der Waals surface area contributed by atoms with E-state index in [1.54, 1.807) is 18.2 Å². The van der Waals surface area contributed by atoms with E-state index in [0.717, 1.165) is 15.7 Å². The first-order chi connectivity index (χ1) is 11.6. The fourth-order valence-corrected chi connectivity index (χ4v) is 2.88. The number of rotatable bonds is 5. The number of halogens is 2. The van der Waals surface area contributed by atoms with Gasteiger partial charge in [0.25, 0.3) is 5.22 Å². The van der Waals surface area contributed by atoms with E-state index in [4.69, 9.17) is 16.0 Å². The zero-order valence-electron chi connectivity index (χ0n) is 12.2. The van der Waals surface area contributed by atoms with Crippen LogP contribution in [0.4, 0.5) is 5.69 Å². The molecule has 122 valence electrons. The molecular formula is C16H11BrClN3O2S. The normalized spacial score (nSPS) is 10.6. The minimum Gasteiger partial charge on any atom is -0.411 e. The van der Waals surface area contributed by atoms with Gasteiger partial charge in [0.15, 0.2) is 0 Å². The maximum atomic E-state index is 11.9. The number of hydrogen-bond acceptors (Lipinski definition) is 5. The zero-order chi connectivity index (χ0) is 16.9. The summed E-state index contributed by atoms with van der Waals surface area (Å²) in [5.41, 5.74) is 1.47. The maximum absolute atomic E-state index is 11.9. The molecule has 0 aliphatic carbocycles. The van der Waals surface area contributed by atoms with Gasteiger partial charge in [-0.15, -0.1) is 10.2 Å². The highest BCUT2D eigenvalue weighted by atomic mass is 79.9. The molecule has 0 saturated heterocycles. The van der Waals surface area contributed by atoms with Crippen molar-refractivity contribution < 1.29 is 9.21 Å². The molecule has 0 atom stereocenters. The lowest BCUT2D eigenvalue weighted by Crippen LogP contribution is -2.13. The Labute approximate surface area is 155 Å². The summed E-state index contributed by atoms with van der Waals surface area (Å²) in [5, 5.41) is 11.6. The standard InChI is InChI=1S/C16H11BrClN3O2S/c17-11-4-6-13(7-5-11)19-14(22)9-24-16-21-20-15(23-16)10-2-1-3-12(18)8-10/h1-8H,9H2,(H,19,22). The van der Waals surface area contributed by atoms with Gasteiger partial charge in [0.1, 0.15) is 0 Å². The van der Waals surface area contributed by atoms with Crippen LogP contribution in [0.2, 0.25) is 5.02 Å². The molecule has 24 heavy (non-hydrogen) atoms. The van der Waals surface area contributed by atoms with Crippen molar-refractivity contribution in [1.82, 2.24) is 10.2 Å². The molecule has 8 heteroatoms. The van der Waals surface area contributed by atoms with Gasteiger partial charge in [-0.25, -0.2) is 0 Å². The predicted octanol–water partition coefficient (Wildman–Crippen LogP) is 4.88. The van der Waals surface area contributed by atoms with Crippen LogP contribution in [0.5, 0.6) is 0 Å². The summed E-state index contributed by atoms with van der Waals surface area (Å²) in [5.74, 6) is 0.394. The minimum absolute atomic E-state index is 0.148. The number of nitrogens with zero attached hydrogens (tertiary/aromatic N) is 2. The average Bonchev–Trinajstić information content (AvgIpc) is 3.04. The van der Waals surface area contributed by atoms with Crippen LogP contribution in [0.25, 0.3) is 11.5 Å². The lowest BCUT2D eigenvalue weighted by atomic mass is 10.2. The molecule has 3 aromatic rings. The minimum atomic E-state index is -0.148. The molecule has 2 aromatic carbocycles. The lowest BCUT2D eigenvalue weighted by Gasteiger charge is -2.03. The Morgan fingerprint density at radius 3 is 2.75 bits per heavy atom. The molecule has 1 heterocycles. The number of anilines is 1. The molecule has 0 aliphatic rings. The first kappa shape index (κ1) is 17.0. The smallest absolute Gasteiger partial charge is 0.277 e. The van der Waals surface area contributed by atoms with E-state index in [2.05, 4.69) is 31.4 Å². The second kappa shape index (κ2) is 7.83. The van der Waals surface area contributed by atoms with Gasteiger partial charge in [0.2, 0.25) is 11.8 Å². The van der Waals surface area contributed by atoms with Crippen LogP contribution in [0.3, 0.4) is 0 Å². The molecule has 1 aromatic heterocycles. The van der Waals surface area contributed by atoms with Gasteiger partial charge in [0, 0.05) is 20.7 Å². The van der Waals surface area contributed by atoms with E-state index < -0.39 is 0 Å². The molecular weight excluding hydrogens is 414 g/mol. The van der Waals surface area contributed by atoms with Gasteiger partial charge in [0.05, 0.1) is 5.75 Å². The molecule has 0 saturated carbocycles. The highest BCUT2D eigenvalue weighted by molar-refractivity contribution is 9.10.